The van der Waals surface area contributed by atoms with Gasteiger partial charge in [0.05, 0.1) is 13.1 Å². The van der Waals surface area contributed by atoms with Gasteiger partial charge in [0.1, 0.15) is 13.2 Å². The van der Waals surface area contributed by atoms with E-state index in [1.807, 2.05) is 0 Å². The van der Waals surface area contributed by atoms with Crippen molar-refractivity contribution in [2.75, 3.05) is 26.3 Å². The van der Waals surface area contributed by atoms with Crippen molar-refractivity contribution < 1.29 is 19.7 Å². The maximum atomic E-state index is 10.2. The molecule has 2 aromatic rings. The molecule has 0 aromatic heterocycles. The van der Waals surface area contributed by atoms with Crippen molar-refractivity contribution in [3.05, 3.63) is 59.7 Å². The van der Waals surface area contributed by atoms with Crippen LogP contribution in [0, 0.1) is 0 Å². The summed E-state index contributed by atoms with van der Waals surface area (Å²) >= 11 is 0. The summed E-state index contributed by atoms with van der Waals surface area (Å²) in [6, 6.07) is 10.5. The number of rotatable bonds is 0. The van der Waals surface area contributed by atoms with E-state index in [1.54, 1.807) is 61.0 Å². The predicted molar refractivity (Wildman–Crippen MR) is 101 cm³/mol. The van der Waals surface area contributed by atoms with E-state index in [-0.39, 0.29) is 24.7 Å². The number of para-hydroxylation sites is 2. The minimum atomic E-state index is 0.0606. The van der Waals surface area contributed by atoms with Gasteiger partial charge in [-0.2, -0.15) is 0 Å². The van der Waals surface area contributed by atoms with Gasteiger partial charge in [0.15, 0.2) is 23.0 Å². The number of aliphatic imine (C=N–C) groups is 2. The molecule has 1 heterocycles. The number of aromatic hydroxyl groups is 2. The lowest BCUT2D eigenvalue weighted by atomic mass is 10.2. The highest BCUT2D eigenvalue weighted by atomic mass is 16.5. The summed E-state index contributed by atoms with van der Waals surface area (Å²) in [4.78, 5) is 8.53. The third-order valence-corrected chi connectivity index (χ3v) is 3.72. The molecular weight excluding hydrogens is 332 g/mol. The van der Waals surface area contributed by atoms with Gasteiger partial charge in [0, 0.05) is 23.6 Å². The summed E-state index contributed by atoms with van der Waals surface area (Å²) in [5.74, 6) is 0.906. The highest BCUT2D eigenvalue weighted by molar-refractivity contribution is 5.85. The zero-order valence-corrected chi connectivity index (χ0v) is 14.2. The number of phenolic OH excluding ortho intramolecular Hbond substituents is 2. The number of hydrogen-bond donors (Lipinski definition) is 2. The zero-order chi connectivity index (χ0) is 18.2. The van der Waals surface area contributed by atoms with Crippen LogP contribution < -0.4 is 9.47 Å². The van der Waals surface area contributed by atoms with Crippen LogP contribution >= 0.6 is 0 Å². The topological polar surface area (TPSA) is 83.6 Å². The van der Waals surface area contributed by atoms with Gasteiger partial charge in [0.25, 0.3) is 0 Å². The first-order valence-electron chi connectivity index (χ1n) is 8.30. The molecule has 2 N–H and O–H groups in total. The fourth-order valence-electron chi connectivity index (χ4n) is 2.37. The molecule has 4 bridgehead atoms. The van der Waals surface area contributed by atoms with E-state index in [0.29, 0.717) is 35.7 Å². The first-order valence-corrected chi connectivity index (χ1v) is 8.30. The SMILES string of the molecule is Oc1c2cccc1OCC=CCOc1cccc(c1O)C=NCCN=C2. The quantitative estimate of drug-likeness (QED) is 0.714. The van der Waals surface area contributed by atoms with E-state index >= 15 is 0 Å². The monoisotopic (exact) mass is 352 g/mol. The summed E-state index contributed by atoms with van der Waals surface area (Å²) in [5, 5.41) is 20.5. The van der Waals surface area contributed by atoms with E-state index in [0.717, 1.165) is 0 Å². The summed E-state index contributed by atoms with van der Waals surface area (Å²) in [7, 11) is 0. The van der Waals surface area contributed by atoms with Gasteiger partial charge < -0.3 is 19.7 Å². The van der Waals surface area contributed by atoms with Crippen LogP contribution in [0.15, 0.2) is 58.5 Å². The molecule has 0 amide bonds. The van der Waals surface area contributed by atoms with E-state index in [2.05, 4.69) is 9.98 Å². The van der Waals surface area contributed by atoms with Crippen molar-refractivity contribution in [3.8, 4) is 23.0 Å². The molecule has 6 nitrogen and oxygen atoms in total. The molecule has 0 radical (unpaired) electrons. The molecule has 134 valence electrons. The Kier molecular flexibility index (Phi) is 5.88. The summed E-state index contributed by atoms with van der Waals surface area (Å²) in [5.41, 5.74) is 1.18. The van der Waals surface area contributed by atoms with Crippen molar-refractivity contribution in [2.24, 2.45) is 9.98 Å². The van der Waals surface area contributed by atoms with Gasteiger partial charge >= 0.3 is 0 Å². The number of nitrogens with zero attached hydrogens (tertiary/aromatic N) is 2. The molecule has 1 aliphatic heterocycles. The second-order valence-corrected chi connectivity index (χ2v) is 5.55. The molecule has 0 atom stereocenters. The number of phenols is 2. The van der Waals surface area contributed by atoms with Crippen molar-refractivity contribution >= 4 is 12.4 Å². The Morgan fingerprint density at radius 2 is 1.15 bits per heavy atom. The number of benzene rings is 2. The minimum Gasteiger partial charge on any atom is -0.504 e. The second kappa shape index (κ2) is 8.71. The van der Waals surface area contributed by atoms with Gasteiger partial charge in [-0.25, -0.2) is 0 Å². The molecule has 6 heteroatoms. The maximum Gasteiger partial charge on any atom is 0.166 e. The molecule has 0 spiro atoms. The lowest BCUT2D eigenvalue weighted by Gasteiger charge is -2.09. The van der Waals surface area contributed by atoms with Crippen LogP contribution in [0.25, 0.3) is 0 Å². The number of ether oxygens (including phenoxy) is 2. The van der Waals surface area contributed by atoms with Crippen LogP contribution in [-0.4, -0.2) is 48.9 Å². The molecule has 2 aromatic carbocycles. The molecule has 0 saturated heterocycles. The predicted octanol–water partition coefficient (Wildman–Crippen LogP) is 2.96. The van der Waals surface area contributed by atoms with Crippen LogP contribution in [0.1, 0.15) is 11.1 Å². The molecule has 1 aliphatic rings. The zero-order valence-electron chi connectivity index (χ0n) is 14.2. The average molecular weight is 352 g/mol. The van der Waals surface area contributed by atoms with Crippen molar-refractivity contribution in [2.45, 2.75) is 0 Å². The fourth-order valence-corrected chi connectivity index (χ4v) is 2.37. The standard InChI is InChI=1S/C20H20N2O4/c23-19-15-5-3-7-17(19)25-11-1-2-12-26-18-8-4-6-16(20(18)24)14-22-10-9-21-13-15/h1-8,13-14,23-24H,9-12H2. The maximum absolute atomic E-state index is 10.2. The minimum absolute atomic E-state index is 0.0606. The van der Waals surface area contributed by atoms with E-state index in [4.69, 9.17) is 9.47 Å². The van der Waals surface area contributed by atoms with Crippen LogP contribution in [0.2, 0.25) is 0 Å². The number of hydrogen-bond acceptors (Lipinski definition) is 6. The highest BCUT2D eigenvalue weighted by Gasteiger charge is 2.07. The first kappa shape index (κ1) is 17.5. The lowest BCUT2D eigenvalue weighted by Crippen LogP contribution is -1.99. The fraction of sp³-hybridized carbons (Fsp3) is 0.200. The van der Waals surface area contributed by atoms with Crippen molar-refractivity contribution in [3.63, 3.8) is 0 Å². The van der Waals surface area contributed by atoms with Gasteiger partial charge in [-0.05, 0) is 36.4 Å². The van der Waals surface area contributed by atoms with Crippen molar-refractivity contribution in [1.29, 1.82) is 0 Å². The van der Waals surface area contributed by atoms with E-state index in [1.165, 1.54) is 0 Å². The Hall–Kier alpha value is -3.28. The molecule has 0 unspecified atom stereocenters. The normalized spacial score (nSPS) is 14.8. The van der Waals surface area contributed by atoms with Crippen LogP contribution in [0.4, 0.5) is 0 Å². The van der Waals surface area contributed by atoms with Crippen LogP contribution in [0.3, 0.4) is 0 Å². The van der Waals surface area contributed by atoms with Crippen LogP contribution in [0.5, 0.6) is 23.0 Å². The Morgan fingerprint density at radius 1 is 0.692 bits per heavy atom. The van der Waals surface area contributed by atoms with Crippen molar-refractivity contribution in [1.82, 2.24) is 0 Å². The summed E-state index contributed by atoms with van der Waals surface area (Å²) < 4.78 is 11.1. The summed E-state index contributed by atoms with van der Waals surface area (Å²) in [6.07, 6.45) is 6.77. The molecule has 26 heavy (non-hydrogen) atoms. The molecule has 3 rings (SSSR count). The lowest BCUT2D eigenvalue weighted by molar-refractivity contribution is 0.326. The second-order valence-electron chi connectivity index (χ2n) is 5.55. The third kappa shape index (κ3) is 4.42. The third-order valence-electron chi connectivity index (χ3n) is 3.72. The van der Waals surface area contributed by atoms with Crippen LogP contribution in [-0.2, 0) is 0 Å². The first-order chi connectivity index (χ1) is 12.8. The Labute approximate surface area is 151 Å². The van der Waals surface area contributed by atoms with Gasteiger partial charge in [-0.3, -0.25) is 9.98 Å². The molecule has 0 aliphatic carbocycles. The molecule has 0 saturated carbocycles. The smallest absolute Gasteiger partial charge is 0.166 e. The largest absolute Gasteiger partial charge is 0.504 e. The molecule has 0 fully saturated rings. The Balaban J connectivity index is 1.82. The summed E-state index contributed by atoms with van der Waals surface area (Å²) in [6.45, 7) is 1.49. The van der Waals surface area contributed by atoms with Gasteiger partial charge in [-0.15, -0.1) is 0 Å². The molecular formula is C20H20N2O4. The average Bonchev–Trinajstić information content (AvgIpc) is 2.64. The highest BCUT2D eigenvalue weighted by Crippen LogP contribution is 2.29. The van der Waals surface area contributed by atoms with E-state index < -0.39 is 0 Å². The van der Waals surface area contributed by atoms with Gasteiger partial charge in [0.2, 0.25) is 0 Å². The van der Waals surface area contributed by atoms with Gasteiger partial charge in [-0.1, -0.05) is 12.1 Å². The van der Waals surface area contributed by atoms with E-state index in [9.17, 15) is 10.2 Å². The Morgan fingerprint density at radius 3 is 1.62 bits per heavy atom. The Bertz CT molecular complexity index is 774. The number of fused-ring (bicyclic) bond motifs is 4.